The standard InChI is InChI=1S/C17H18Cl2N2/c1-10(12-7-6-11(18)8-15(12)19)21-17-9-16(20)13-4-2-3-5-14(13)17/h2-8,10,16-17,21H,9,20H2,1H3. The molecule has 3 N–H and O–H groups in total. The molecule has 0 saturated heterocycles. The molecule has 1 aliphatic rings. The van der Waals surface area contributed by atoms with E-state index in [0.717, 1.165) is 12.0 Å². The lowest BCUT2D eigenvalue weighted by Crippen LogP contribution is -2.23. The van der Waals surface area contributed by atoms with Crippen LogP contribution < -0.4 is 11.1 Å². The predicted octanol–water partition coefficient (Wildman–Crippen LogP) is 4.79. The van der Waals surface area contributed by atoms with Gasteiger partial charge in [-0.2, -0.15) is 0 Å². The Morgan fingerprint density at radius 3 is 2.57 bits per heavy atom. The maximum absolute atomic E-state index is 6.29. The van der Waals surface area contributed by atoms with E-state index in [0.29, 0.717) is 10.0 Å². The molecule has 3 unspecified atom stereocenters. The molecule has 0 heterocycles. The number of nitrogens with two attached hydrogens (primary N) is 1. The van der Waals surface area contributed by atoms with E-state index < -0.39 is 0 Å². The van der Waals surface area contributed by atoms with Crippen molar-refractivity contribution in [1.29, 1.82) is 0 Å². The normalized spacial score (nSPS) is 22.1. The third kappa shape index (κ3) is 2.95. The lowest BCUT2D eigenvalue weighted by atomic mass is 10.0. The molecule has 0 spiro atoms. The highest BCUT2D eigenvalue weighted by molar-refractivity contribution is 6.35. The van der Waals surface area contributed by atoms with E-state index in [9.17, 15) is 0 Å². The van der Waals surface area contributed by atoms with Crippen LogP contribution in [0.4, 0.5) is 0 Å². The Morgan fingerprint density at radius 2 is 1.86 bits per heavy atom. The van der Waals surface area contributed by atoms with E-state index in [1.165, 1.54) is 11.1 Å². The first kappa shape index (κ1) is 14.9. The topological polar surface area (TPSA) is 38.0 Å². The minimum absolute atomic E-state index is 0.103. The molecular weight excluding hydrogens is 303 g/mol. The van der Waals surface area contributed by atoms with Crippen LogP contribution in [0.15, 0.2) is 42.5 Å². The molecule has 1 aliphatic carbocycles. The molecule has 0 aromatic heterocycles. The molecule has 0 radical (unpaired) electrons. The van der Waals surface area contributed by atoms with Gasteiger partial charge in [-0.15, -0.1) is 0 Å². The molecule has 2 aromatic rings. The summed E-state index contributed by atoms with van der Waals surface area (Å²) in [4.78, 5) is 0. The summed E-state index contributed by atoms with van der Waals surface area (Å²) in [6, 6.07) is 14.5. The molecule has 0 fully saturated rings. The Bertz CT molecular complexity index is 657. The molecule has 2 aromatic carbocycles. The average Bonchev–Trinajstić information content (AvgIpc) is 2.76. The zero-order chi connectivity index (χ0) is 15.0. The van der Waals surface area contributed by atoms with Gasteiger partial charge in [0.25, 0.3) is 0 Å². The van der Waals surface area contributed by atoms with Crippen LogP contribution in [-0.4, -0.2) is 0 Å². The molecule has 0 amide bonds. The van der Waals surface area contributed by atoms with Crippen molar-refractivity contribution in [2.75, 3.05) is 0 Å². The first-order valence-corrected chi connectivity index (χ1v) is 7.87. The first-order chi connectivity index (χ1) is 10.1. The summed E-state index contributed by atoms with van der Waals surface area (Å²) < 4.78 is 0. The van der Waals surface area contributed by atoms with Gasteiger partial charge in [0.1, 0.15) is 0 Å². The molecule has 0 saturated carbocycles. The fraction of sp³-hybridized carbons (Fsp3) is 0.294. The fourth-order valence-electron chi connectivity index (χ4n) is 3.08. The molecular formula is C17H18Cl2N2. The van der Waals surface area contributed by atoms with Crippen molar-refractivity contribution in [1.82, 2.24) is 5.32 Å². The number of rotatable bonds is 3. The first-order valence-electron chi connectivity index (χ1n) is 7.11. The summed E-state index contributed by atoms with van der Waals surface area (Å²) in [7, 11) is 0. The monoisotopic (exact) mass is 320 g/mol. The van der Waals surface area contributed by atoms with Gasteiger partial charge in [-0.05, 0) is 42.2 Å². The number of hydrogen-bond donors (Lipinski definition) is 2. The van der Waals surface area contributed by atoms with Crippen LogP contribution in [0.3, 0.4) is 0 Å². The summed E-state index contributed by atoms with van der Waals surface area (Å²) in [5.74, 6) is 0. The summed E-state index contributed by atoms with van der Waals surface area (Å²) in [6.45, 7) is 2.11. The fourth-order valence-corrected chi connectivity index (χ4v) is 3.65. The van der Waals surface area contributed by atoms with E-state index in [4.69, 9.17) is 28.9 Å². The zero-order valence-electron chi connectivity index (χ0n) is 11.8. The minimum Gasteiger partial charge on any atom is -0.324 e. The molecule has 110 valence electrons. The lowest BCUT2D eigenvalue weighted by Gasteiger charge is -2.22. The number of halogens is 2. The van der Waals surface area contributed by atoms with Crippen LogP contribution >= 0.6 is 23.2 Å². The van der Waals surface area contributed by atoms with Crippen LogP contribution in [0, 0.1) is 0 Å². The second kappa shape index (κ2) is 5.98. The van der Waals surface area contributed by atoms with Gasteiger partial charge in [0.05, 0.1) is 0 Å². The van der Waals surface area contributed by atoms with Crippen molar-refractivity contribution in [3.63, 3.8) is 0 Å². The van der Waals surface area contributed by atoms with E-state index in [1.54, 1.807) is 6.07 Å². The number of nitrogens with one attached hydrogen (secondary N) is 1. The van der Waals surface area contributed by atoms with E-state index in [1.807, 2.05) is 18.2 Å². The highest BCUT2D eigenvalue weighted by Crippen LogP contribution is 2.39. The zero-order valence-corrected chi connectivity index (χ0v) is 13.3. The van der Waals surface area contributed by atoms with Gasteiger partial charge < -0.3 is 11.1 Å². The maximum Gasteiger partial charge on any atom is 0.0468 e. The van der Waals surface area contributed by atoms with Crippen molar-refractivity contribution in [3.05, 3.63) is 69.2 Å². The minimum atomic E-state index is 0.103. The molecule has 4 heteroatoms. The number of benzene rings is 2. The van der Waals surface area contributed by atoms with Gasteiger partial charge in [0, 0.05) is 28.2 Å². The predicted molar refractivity (Wildman–Crippen MR) is 88.7 cm³/mol. The van der Waals surface area contributed by atoms with Crippen LogP contribution in [0.5, 0.6) is 0 Å². The SMILES string of the molecule is CC(NC1CC(N)c2ccccc21)c1ccc(Cl)cc1Cl. The summed E-state index contributed by atoms with van der Waals surface area (Å²) >= 11 is 12.2. The Morgan fingerprint density at radius 1 is 1.14 bits per heavy atom. The molecule has 3 atom stereocenters. The Labute approximate surface area is 135 Å². The van der Waals surface area contributed by atoms with Crippen molar-refractivity contribution in [2.45, 2.75) is 31.5 Å². The van der Waals surface area contributed by atoms with Crippen LogP contribution in [0.2, 0.25) is 10.0 Å². The Balaban J connectivity index is 1.81. The third-order valence-electron chi connectivity index (χ3n) is 4.14. The molecule has 21 heavy (non-hydrogen) atoms. The van der Waals surface area contributed by atoms with E-state index in [-0.39, 0.29) is 18.1 Å². The number of fused-ring (bicyclic) bond motifs is 1. The molecule has 0 aliphatic heterocycles. The van der Waals surface area contributed by atoms with E-state index >= 15 is 0 Å². The van der Waals surface area contributed by atoms with Crippen LogP contribution in [-0.2, 0) is 0 Å². The summed E-state index contributed by atoms with van der Waals surface area (Å²) in [5.41, 5.74) is 9.81. The maximum atomic E-state index is 6.29. The van der Waals surface area contributed by atoms with Gasteiger partial charge in [-0.1, -0.05) is 53.5 Å². The van der Waals surface area contributed by atoms with Crippen LogP contribution in [0.25, 0.3) is 0 Å². The highest BCUT2D eigenvalue weighted by Gasteiger charge is 2.29. The van der Waals surface area contributed by atoms with Gasteiger partial charge in [-0.25, -0.2) is 0 Å². The van der Waals surface area contributed by atoms with Gasteiger partial charge in [0.15, 0.2) is 0 Å². The second-order valence-corrected chi connectivity index (χ2v) is 6.42. The van der Waals surface area contributed by atoms with Crippen molar-refractivity contribution in [3.8, 4) is 0 Å². The van der Waals surface area contributed by atoms with Crippen LogP contribution in [0.1, 0.15) is 48.2 Å². The lowest BCUT2D eigenvalue weighted by molar-refractivity contribution is 0.446. The largest absolute Gasteiger partial charge is 0.324 e. The highest BCUT2D eigenvalue weighted by atomic mass is 35.5. The Hall–Kier alpha value is -1.06. The smallest absolute Gasteiger partial charge is 0.0468 e. The van der Waals surface area contributed by atoms with Gasteiger partial charge >= 0.3 is 0 Å². The second-order valence-electron chi connectivity index (χ2n) is 5.58. The van der Waals surface area contributed by atoms with Crippen molar-refractivity contribution in [2.24, 2.45) is 5.73 Å². The summed E-state index contributed by atoms with van der Waals surface area (Å²) in [6.07, 6.45) is 0.912. The van der Waals surface area contributed by atoms with Gasteiger partial charge in [-0.3, -0.25) is 0 Å². The third-order valence-corrected chi connectivity index (χ3v) is 4.70. The molecule has 0 bridgehead atoms. The average molecular weight is 321 g/mol. The Kier molecular flexibility index (Phi) is 4.23. The quantitative estimate of drug-likeness (QED) is 0.853. The molecule has 3 rings (SSSR count). The van der Waals surface area contributed by atoms with Gasteiger partial charge in [0.2, 0.25) is 0 Å². The number of hydrogen-bond acceptors (Lipinski definition) is 2. The van der Waals surface area contributed by atoms with E-state index in [2.05, 4.69) is 30.4 Å². The summed E-state index contributed by atoms with van der Waals surface area (Å²) in [5, 5.41) is 4.98. The van der Waals surface area contributed by atoms with Crippen molar-refractivity contribution < 1.29 is 0 Å². The van der Waals surface area contributed by atoms with Crippen molar-refractivity contribution >= 4 is 23.2 Å². The molecule has 2 nitrogen and oxygen atoms in total.